The molecule has 1 amide bonds. The zero-order valence-electron chi connectivity index (χ0n) is 8.46. The van der Waals surface area contributed by atoms with Crippen molar-refractivity contribution in [1.29, 1.82) is 5.26 Å². The molecular formula is C11H10N2O3. The van der Waals surface area contributed by atoms with Gasteiger partial charge in [0.1, 0.15) is 6.61 Å². The first-order valence-electron chi connectivity index (χ1n) is 4.84. The van der Waals surface area contributed by atoms with Crippen LogP contribution in [0, 0.1) is 11.3 Å². The molecule has 1 saturated heterocycles. The molecule has 1 atom stereocenters. The third-order valence-corrected chi connectivity index (χ3v) is 2.43. The van der Waals surface area contributed by atoms with E-state index >= 15 is 0 Å². The highest BCUT2D eigenvalue weighted by Gasteiger charge is 2.29. The Morgan fingerprint density at radius 1 is 1.44 bits per heavy atom. The first-order chi connectivity index (χ1) is 7.72. The van der Waals surface area contributed by atoms with E-state index in [4.69, 9.17) is 10.00 Å². The summed E-state index contributed by atoms with van der Waals surface area (Å²) in [6, 6.07) is 8.42. The van der Waals surface area contributed by atoms with E-state index in [0.29, 0.717) is 24.3 Å². The fraction of sp³-hybridized carbons (Fsp3) is 0.273. The Hall–Kier alpha value is -2.06. The Morgan fingerprint density at radius 3 is 2.62 bits per heavy atom. The lowest BCUT2D eigenvalue weighted by molar-refractivity contribution is 0.0364. The molecule has 5 nitrogen and oxygen atoms in total. The lowest BCUT2D eigenvalue weighted by Crippen LogP contribution is -2.29. The molecule has 1 heterocycles. The molecule has 1 aromatic carbocycles. The maximum Gasteiger partial charge on any atom is 0.412 e. The zero-order valence-corrected chi connectivity index (χ0v) is 8.46. The number of carbonyl (C=O) groups is 1. The van der Waals surface area contributed by atoms with Gasteiger partial charge in [0.15, 0.2) is 6.23 Å². The molecule has 16 heavy (non-hydrogen) atoms. The summed E-state index contributed by atoms with van der Waals surface area (Å²) in [6.45, 7) is 0.673. The fourth-order valence-corrected chi connectivity index (χ4v) is 1.54. The van der Waals surface area contributed by atoms with Crippen molar-refractivity contribution in [1.82, 2.24) is 4.90 Å². The van der Waals surface area contributed by atoms with Crippen LogP contribution < -0.4 is 0 Å². The van der Waals surface area contributed by atoms with E-state index in [9.17, 15) is 9.90 Å². The third-order valence-electron chi connectivity index (χ3n) is 2.43. The molecule has 1 aliphatic rings. The fourth-order valence-electron chi connectivity index (χ4n) is 1.54. The van der Waals surface area contributed by atoms with Crippen molar-refractivity contribution in [2.45, 2.75) is 6.23 Å². The van der Waals surface area contributed by atoms with Gasteiger partial charge in [-0.15, -0.1) is 0 Å². The van der Waals surface area contributed by atoms with Gasteiger partial charge in [-0.3, -0.25) is 4.90 Å². The van der Waals surface area contributed by atoms with E-state index < -0.39 is 12.3 Å². The predicted octanol–water partition coefficient (Wildman–Crippen LogP) is 1.00. The van der Waals surface area contributed by atoms with Gasteiger partial charge in [0.2, 0.25) is 0 Å². The maximum atomic E-state index is 11.2. The second-order valence-corrected chi connectivity index (χ2v) is 3.42. The summed E-state index contributed by atoms with van der Waals surface area (Å²) in [5.41, 5.74) is 1.08. The first-order valence-corrected chi connectivity index (χ1v) is 4.84. The number of rotatable bonds is 2. The molecule has 5 heteroatoms. The molecule has 1 aromatic rings. The Morgan fingerprint density at radius 2 is 2.12 bits per heavy atom. The lowest BCUT2D eigenvalue weighted by atomic mass is 10.1. The maximum absolute atomic E-state index is 11.2. The minimum Gasteiger partial charge on any atom is -0.447 e. The van der Waals surface area contributed by atoms with Gasteiger partial charge in [0.05, 0.1) is 18.2 Å². The molecule has 0 aliphatic carbocycles. The molecule has 1 N–H and O–H groups in total. The largest absolute Gasteiger partial charge is 0.447 e. The highest BCUT2D eigenvalue weighted by atomic mass is 16.6. The molecule has 2 rings (SSSR count). The van der Waals surface area contributed by atoms with Crippen LogP contribution in [0.25, 0.3) is 0 Å². The van der Waals surface area contributed by atoms with Crippen LogP contribution >= 0.6 is 0 Å². The summed E-state index contributed by atoms with van der Waals surface area (Å²) in [5, 5.41) is 18.5. The SMILES string of the molecule is N#Cc1ccc([C@@H](O)N2CCOC2=O)cc1. The van der Waals surface area contributed by atoms with Crippen molar-refractivity contribution >= 4 is 6.09 Å². The van der Waals surface area contributed by atoms with Crippen LogP contribution in [-0.4, -0.2) is 29.3 Å². The summed E-state index contributed by atoms with van der Waals surface area (Å²) in [6.07, 6.45) is -1.53. The number of cyclic esters (lactones) is 1. The number of hydrogen-bond acceptors (Lipinski definition) is 4. The number of carbonyl (C=O) groups excluding carboxylic acids is 1. The van der Waals surface area contributed by atoms with Gasteiger partial charge in [0, 0.05) is 5.56 Å². The predicted molar refractivity (Wildman–Crippen MR) is 54.2 cm³/mol. The standard InChI is InChI=1S/C11H10N2O3/c12-7-8-1-3-9(4-2-8)10(14)13-5-6-16-11(13)15/h1-4,10,14H,5-6H2/t10-/m1/s1. The lowest BCUT2D eigenvalue weighted by Gasteiger charge is -2.20. The molecule has 1 fully saturated rings. The number of nitriles is 1. The van der Waals surface area contributed by atoms with Crippen LogP contribution in [-0.2, 0) is 4.74 Å². The number of ether oxygens (including phenoxy) is 1. The second-order valence-electron chi connectivity index (χ2n) is 3.42. The van der Waals surface area contributed by atoms with Gasteiger partial charge < -0.3 is 9.84 Å². The summed E-state index contributed by atoms with van der Waals surface area (Å²) < 4.78 is 4.73. The van der Waals surface area contributed by atoms with E-state index in [1.54, 1.807) is 24.3 Å². The van der Waals surface area contributed by atoms with Crippen molar-refractivity contribution in [2.75, 3.05) is 13.2 Å². The summed E-state index contributed by atoms with van der Waals surface area (Å²) in [4.78, 5) is 12.4. The average molecular weight is 218 g/mol. The van der Waals surface area contributed by atoms with Crippen LogP contribution in [0.2, 0.25) is 0 Å². The molecule has 82 valence electrons. The van der Waals surface area contributed by atoms with E-state index in [1.807, 2.05) is 6.07 Å². The van der Waals surface area contributed by atoms with Gasteiger partial charge >= 0.3 is 6.09 Å². The third kappa shape index (κ3) is 1.83. The quantitative estimate of drug-likeness (QED) is 0.803. The topological polar surface area (TPSA) is 73.6 Å². The van der Waals surface area contributed by atoms with E-state index in [2.05, 4.69) is 0 Å². The zero-order chi connectivity index (χ0) is 11.5. The number of aliphatic hydroxyl groups is 1. The monoisotopic (exact) mass is 218 g/mol. The number of amides is 1. The molecular weight excluding hydrogens is 208 g/mol. The van der Waals surface area contributed by atoms with Crippen molar-refractivity contribution in [2.24, 2.45) is 0 Å². The Balaban J connectivity index is 2.17. The minimum atomic E-state index is -1.01. The van der Waals surface area contributed by atoms with Crippen LogP contribution in [0.4, 0.5) is 4.79 Å². The van der Waals surface area contributed by atoms with Crippen LogP contribution in [0.1, 0.15) is 17.4 Å². The molecule has 0 radical (unpaired) electrons. The number of hydrogen-bond donors (Lipinski definition) is 1. The Bertz CT molecular complexity index is 436. The van der Waals surface area contributed by atoms with E-state index in [0.717, 1.165) is 0 Å². The number of aliphatic hydroxyl groups excluding tert-OH is 1. The van der Waals surface area contributed by atoms with E-state index in [1.165, 1.54) is 4.90 Å². The molecule has 1 aliphatic heterocycles. The summed E-state index contributed by atoms with van der Waals surface area (Å²) in [7, 11) is 0. The average Bonchev–Trinajstić information content (AvgIpc) is 2.75. The normalized spacial score (nSPS) is 16.8. The van der Waals surface area contributed by atoms with Gasteiger partial charge in [0.25, 0.3) is 0 Å². The number of benzene rings is 1. The van der Waals surface area contributed by atoms with Crippen molar-refractivity contribution in [3.05, 3.63) is 35.4 Å². The highest BCUT2D eigenvalue weighted by molar-refractivity contribution is 5.69. The summed E-state index contributed by atoms with van der Waals surface area (Å²) >= 11 is 0. The highest BCUT2D eigenvalue weighted by Crippen LogP contribution is 2.21. The second kappa shape index (κ2) is 4.21. The molecule has 0 unspecified atom stereocenters. The van der Waals surface area contributed by atoms with Crippen molar-refractivity contribution < 1.29 is 14.6 Å². The van der Waals surface area contributed by atoms with E-state index in [-0.39, 0.29) is 0 Å². The van der Waals surface area contributed by atoms with Crippen molar-refractivity contribution in [3.8, 4) is 6.07 Å². The van der Waals surface area contributed by atoms with Gasteiger partial charge in [-0.2, -0.15) is 5.26 Å². The Labute approximate surface area is 92.5 Å². The Kier molecular flexibility index (Phi) is 2.75. The van der Waals surface area contributed by atoms with Gasteiger partial charge in [-0.25, -0.2) is 4.79 Å². The summed E-state index contributed by atoms with van der Waals surface area (Å²) in [5.74, 6) is 0. The molecule has 0 saturated carbocycles. The van der Waals surface area contributed by atoms with Crippen LogP contribution in [0.3, 0.4) is 0 Å². The minimum absolute atomic E-state index is 0.298. The first kappa shape index (κ1) is 10.5. The smallest absolute Gasteiger partial charge is 0.412 e. The van der Waals surface area contributed by atoms with Crippen LogP contribution in [0.5, 0.6) is 0 Å². The van der Waals surface area contributed by atoms with Crippen molar-refractivity contribution in [3.63, 3.8) is 0 Å². The molecule has 0 bridgehead atoms. The van der Waals surface area contributed by atoms with Crippen LogP contribution in [0.15, 0.2) is 24.3 Å². The number of nitrogens with zero attached hydrogens (tertiary/aromatic N) is 2. The molecule has 0 aromatic heterocycles. The van der Waals surface area contributed by atoms with Gasteiger partial charge in [-0.05, 0) is 12.1 Å². The molecule has 0 spiro atoms. The van der Waals surface area contributed by atoms with Gasteiger partial charge in [-0.1, -0.05) is 12.1 Å².